The number of likely N-dealkylation sites (tertiary alicyclic amines) is 1. The van der Waals surface area contributed by atoms with E-state index in [0.717, 1.165) is 24.3 Å². The number of nitrogens with zero attached hydrogens (tertiary/aromatic N) is 3. The zero-order chi connectivity index (χ0) is 12.4. The fourth-order valence-electron chi connectivity index (χ4n) is 3.46. The third-order valence-electron chi connectivity index (χ3n) is 4.44. The van der Waals surface area contributed by atoms with E-state index in [-0.39, 0.29) is 0 Å². The standard InChI is InChI=1S/C14H23N3O/c1-11-15-14(18-16-11)12-6-5-9-17(10-12)13-7-3-2-4-8-13/h12-13H,2-10H2,1H3. The van der Waals surface area contributed by atoms with E-state index in [4.69, 9.17) is 4.52 Å². The quantitative estimate of drug-likeness (QED) is 0.808. The third kappa shape index (κ3) is 2.58. The number of aryl methyl sites for hydroxylation is 1. The lowest BCUT2D eigenvalue weighted by Gasteiger charge is -2.39. The minimum absolute atomic E-state index is 0.460. The van der Waals surface area contributed by atoms with Gasteiger partial charge in [0.05, 0.1) is 5.92 Å². The van der Waals surface area contributed by atoms with Gasteiger partial charge in [0.2, 0.25) is 5.89 Å². The molecular weight excluding hydrogens is 226 g/mol. The van der Waals surface area contributed by atoms with Crippen LogP contribution in [0, 0.1) is 6.92 Å². The normalized spacial score (nSPS) is 27.5. The molecule has 0 N–H and O–H groups in total. The van der Waals surface area contributed by atoms with Crippen molar-refractivity contribution in [2.24, 2.45) is 0 Å². The molecule has 0 aromatic carbocycles. The van der Waals surface area contributed by atoms with E-state index in [1.165, 1.54) is 51.5 Å². The summed E-state index contributed by atoms with van der Waals surface area (Å²) in [6.45, 7) is 4.27. The van der Waals surface area contributed by atoms with Gasteiger partial charge in [-0.1, -0.05) is 24.4 Å². The summed E-state index contributed by atoms with van der Waals surface area (Å²) in [5, 5.41) is 3.92. The van der Waals surface area contributed by atoms with Gasteiger partial charge in [-0.25, -0.2) is 0 Å². The van der Waals surface area contributed by atoms with Crippen LogP contribution in [0.1, 0.15) is 62.6 Å². The monoisotopic (exact) mass is 249 g/mol. The Labute approximate surface area is 109 Å². The van der Waals surface area contributed by atoms with Crippen LogP contribution in [-0.2, 0) is 0 Å². The Morgan fingerprint density at radius 3 is 2.67 bits per heavy atom. The van der Waals surface area contributed by atoms with Crippen LogP contribution in [0.25, 0.3) is 0 Å². The summed E-state index contributed by atoms with van der Waals surface area (Å²) < 4.78 is 5.35. The highest BCUT2D eigenvalue weighted by atomic mass is 16.5. The van der Waals surface area contributed by atoms with Crippen LogP contribution in [0.3, 0.4) is 0 Å². The zero-order valence-corrected chi connectivity index (χ0v) is 11.3. The molecule has 18 heavy (non-hydrogen) atoms. The molecule has 4 nitrogen and oxygen atoms in total. The topological polar surface area (TPSA) is 42.2 Å². The predicted molar refractivity (Wildman–Crippen MR) is 69.5 cm³/mol. The Balaban J connectivity index is 1.64. The predicted octanol–water partition coefficient (Wildman–Crippen LogP) is 2.89. The number of hydrogen-bond acceptors (Lipinski definition) is 4. The second-order valence-electron chi connectivity index (χ2n) is 5.81. The van der Waals surface area contributed by atoms with Gasteiger partial charge in [-0.2, -0.15) is 4.98 Å². The van der Waals surface area contributed by atoms with E-state index in [1.54, 1.807) is 0 Å². The van der Waals surface area contributed by atoms with Gasteiger partial charge < -0.3 is 4.52 Å². The first-order valence-corrected chi connectivity index (χ1v) is 7.37. The highest BCUT2D eigenvalue weighted by molar-refractivity contribution is 4.97. The van der Waals surface area contributed by atoms with Crippen molar-refractivity contribution in [1.29, 1.82) is 0 Å². The van der Waals surface area contributed by atoms with Crippen LogP contribution < -0.4 is 0 Å². The number of hydrogen-bond donors (Lipinski definition) is 0. The highest BCUT2D eigenvalue weighted by Crippen LogP contribution is 2.30. The van der Waals surface area contributed by atoms with Crippen LogP contribution in [0.5, 0.6) is 0 Å². The lowest BCUT2D eigenvalue weighted by molar-refractivity contribution is 0.110. The number of piperidine rings is 1. The van der Waals surface area contributed by atoms with Gasteiger partial charge in [0.25, 0.3) is 0 Å². The molecule has 0 bridgehead atoms. The molecule has 1 atom stereocenters. The van der Waals surface area contributed by atoms with E-state index in [0.29, 0.717) is 5.92 Å². The molecule has 1 aromatic heterocycles. The summed E-state index contributed by atoms with van der Waals surface area (Å²) in [6.07, 6.45) is 9.48. The van der Waals surface area contributed by atoms with Crippen molar-refractivity contribution in [2.45, 2.75) is 63.8 Å². The van der Waals surface area contributed by atoms with Crippen molar-refractivity contribution in [3.63, 3.8) is 0 Å². The Kier molecular flexibility index (Phi) is 3.64. The minimum Gasteiger partial charge on any atom is -0.339 e. The second kappa shape index (κ2) is 5.39. The molecule has 2 fully saturated rings. The van der Waals surface area contributed by atoms with Gasteiger partial charge in [0.15, 0.2) is 5.82 Å². The second-order valence-corrected chi connectivity index (χ2v) is 5.81. The molecule has 2 aliphatic rings. The molecule has 0 radical (unpaired) electrons. The van der Waals surface area contributed by atoms with Gasteiger partial charge in [0, 0.05) is 12.6 Å². The third-order valence-corrected chi connectivity index (χ3v) is 4.44. The molecule has 1 aliphatic carbocycles. The molecule has 1 aromatic rings. The number of aromatic nitrogens is 2. The maximum absolute atomic E-state index is 5.35. The zero-order valence-electron chi connectivity index (χ0n) is 11.3. The van der Waals surface area contributed by atoms with Gasteiger partial charge in [-0.15, -0.1) is 0 Å². The highest BCUT2D eigenvalue weighted by Gasteiger charge is 2.30. The first-order valence-electron chi connectivity index (χ1n) is 7.37. The summed E-state index contributed by atoms with van der Waals surface area (Å²) in [6, 6.07) is 0.811. The fraction of sp³-hybridized carbons (Fsp3) is 0.857. The molecule has 1 saturated carbocycles. The molecule has 1 aliphatic heterocycles. The summed E-state index contributed by atoms with van der Waals surface area (Å²) in [5.74, 6) is 2.08. The van der Waals surface area contributed by atoms with Crippen LogP contribution in [0.2, 0.25) is 0 Å². The van der Waals surface area contributed by atoms with Crippen molar-refractivity contribution < 1.29 is 4.52 Å². The maximum atomic E-state index is 5.35. The first kappa shape index (κ1) is 12.2. The lowest BCUT2D eigenvalue weighted by Crippen LogP contribution is -2.42. The fourth-order valence-corrected chi connectivity index (χ4v) is 3.46. The van der Waals surface area contributed by atoms with Crippen LogP contribution >= 0.6 is 0 Å². The summed E-state index contributed by atoms with van der Waals surface area (Å²) in [4.78, 5) is 7.08. The summed E-state index contributed by atoms with van der Waals surface area (Å²) in [7, 11) is 0. The Morgan fingerprint density at radius 1 is 1.11 bits per heavy atom. The average molecular weight is 249 g/mol. The van der Waals surface area contributed by atoms with Crippen molar-refractivity contribution in [1.82, 2.24) is 15.0 Å². The van der Waals surface area contributed by atoms with Gasteiger partial charge in [-0.05, 0) is 39.2 Å². The molecule has 1 saturated heterocycles. The van der Waals surface area contributed by atoms with Gasteiger partial charge >= 0.3 is 0 Å². The van der Waals surface area contributed by atoms with Crippen molar-refractivity contribution in [3.05, 3.63) is 11.7 Å². The van der Waals surface area contributed by atoms with Gasteiger partial charge in [0.1, 0.15) is 0 Å². The van der Waals surface area contributed by atoms with Crippen LogP contribution in [-0.4, -0.2) is 34.2 Å². The van der Waals surface area contributed by atoms with Crippen LogP contribution in [0.4, 0.5) is 0 Å². The summed E-state index contributed by atoms with van der Waals surface area (Å²) in [5.41, 5.74) is 0. The molecule has 3 rings (SSSR count). The number of rotatable bonds is 2. The van der Waals surface area contributed by atoms with E-state index in [9.17, 15) is 0 Å². The van der Waals surface area contributed by atoms with Crippen molar-refractivity contribution >= 4 is 0 Å². The van der Waals surface area contributed by atoms with Gasteiger partial charge in [-0.3, -0.25) is 4.90 Å². The van der Waals surface area contributed by atoms with Crippen molar-refractivity contribution in [2.75, 3.05) is 13.1 Å². The largest absolute Gasteiger partial charge is 0.339 e. The molecular formula is C14H23N3O. The molecule has 100 valence electrons. The first-order chi connectivity index (χ1) is 8.83. The average Bonchev–Trinajstić information content (AvgIpc) is 2.87. The minimum atomic E-state index is 0.460. The van der Waals surface area contributed by atoms with E-state index in [2.05, 4.69) is 15.0 Å². The lowest BCUT2D eigenvalue weighted by atomic mass is 9.90. The molecule has 4 heteroatoms. The molecule has 0 spiro atoms. The smallest absolute Gasteiger partial charge is 0.231 e. The van der Waals surface area contributed by atoms with Crippen molar-refractivity contribution in [3.8, 4) is 0 Å². The summed E-state index contributed by atoms with van der Waals surface area (Å²) >= 11 is 0. The Hall–Kier alpha value is -0.900. The van der Waals surface area contributed by atoms with E-state index >= 15 is 0 Å². The van der Waals surface area contributed by atoms with E-state index < -0.39 is 0 Å². The molecule has 1 unspecified atom stereocenters. The maximum Gasteiger partial charge on any atom is 0.231 e. The molecule has 0 amide bonds. The van der Waals surface area contributed by atoms with E-state index in [1.807, 2.05) is 6.92 Å². The Morgan fingerprint density at radius 2 is 1.94 bits per heavy atom. The van der Waals surface area contributed by atoms with Crippen LogP contribution in [0.15, 0.2) is 4.52 Å². The molecule has 2 heterocycles. The SMILES string of the molecule is Cc1noc(C2CCCN(C3CCCCC3)C2)n1. The Bertz CT molecular complexity index is 384.